The first kappa shape index (κ1) is 13.1. The van der Waals surface area contributed by atoms with Crippen LogP contribution in [0.2, 0.25) is 0 Å². The molecule has 0 radical (unpaired) electrons. The SMILES string of the molecule is CCCC12OCCN(C)C1O2.Cl.N. The first-order chi connectivity index (χ1) is 5.28. The fraction of sp³-hybridized carbons (Fsp3) is 1.00. The molecule has 2 atom stereocenters. The van der Waals surface area contributed by atoms with Crippen LogP contribution in [0.15, 0.2) is 0 Å². The Morgan fingerprint density at radius 3 is 2.85 bits per heavy atom. The van der Waals surface area contributed by atoms with Gasteiger partial charge in [0.25, 0.3) is 0 Å². The molecule has 3 N–H and O–H groups in total. The Kier molecular flexibility index (Phi) is 4.62. The van der Waals surface area contributed by atoms with Crippen LogP contribution in [0, 0.1) is 0 Å². The maximum absolute atomic E-state index is 5.59. The van der Waals surface area contributed by atoms with Crippen molar-refractivity contribution in [2.24, 2.45) is 0 Å². The quantitative estimate of drug-likeness (QED) is 0.700. The Bertz CT molecular complexity index is 166. The summed E-state index contributed by atoms with van der Waals surface area (Å²) in [7, 11) is 2.09. The van der Waals surface area contributed by atoms with E-state index in [9.17, 15) is 0 Å². The minimum absolute atomic E-state index is 0. The van der Waals surface area contributed by atoms with Gasteiger partial charge < -0.3 is 15.6 Å². The van der Waals surface area contributed by atoms with E-state index in [1.165, 1.54) is 0 Å². The van der Waals surface area contributed by atoms with Crippen molar-refractivity contribution in [2.75, 3.05) is 20.2 Å². The van der Waals surface area contributed by atoms with E-state index in [0.717, 1.165) is 26.0 Å². The number of hydrogen-bond donors (Lipinski definition) is 1. The summed E-state index contributed by atoms with van der Waals surface area (Å²) in [6, 6.07) is 0. The van der Waals surface area contributed by atoms with Gasteiger partial charge in [0.1, 0.15) is 0 Å². The molecular weight excluding hydrogens is 192 g/mol. The third-order valence-corrected chi connectivity index (χ3v) is 2.42. The van der Waals surface area contributed by atoms with Crippen molar-refractivity contribution in [3.8, 4) is 0 Å². The van der Waals surface area contributed by atoms with Gasteiger partial charge in [-0.3, -0.25) is 4.90 Å². The Morgan fingerprint density at radius 1 is 1.54 bits per heavy atom. The molecule has 2 saturated heterocycles. The number of morpholine rings is 1. The van der Waals surface area contributed by atoms with Crippen LogP contribution in [0.1, 0.15) is 19.8 Å². The molecule has 0 saturated carbocycles. The molecule has 2 heterocycles. The lowest BCUT2D eigenvalue weighted by molar-refractivity contribution is -0.0672. The molecule has 0 aliphatic carbocycles. The lowest BCUT2D eigenvalue weighted by atomic mass is 10.2. The highest BCUT2D eigenvalue weighted by molar-refractivity contribution is 5.85. The smallest absolute Gasteiger partial charge is 0.210 e. The average molecular weight is 211 g/mol. The van der Waals surface area contributed by atoms with Gasteiger partial charge in [-0.1, -0.05) is 13.3 Å². The minimum Gasteiger partial charge on any atom is -0.345 e. The molecular formula is C8H19ClN2O2. The summed E-state index contributed by atoms with van der Waals surface area (Å²) in [5.41, 5.74) is 0. The minimum atomic E-state index is -0.207. The zero-order valence-corrected chi connectivity index (χ0v) is 9.10. The fourth-order valence-corrected chi connectivity index (χ4v) is 1.77. The second-order valence-corrected chi connectivity index (χ2v) is 3.36. The van der Waals surface area contributed by atoms with E-state index < -0.39 is 0 Å². The van der Waals surface area contributed by atoms with Gasteiger partial charge in [-0.2, -0.15) is 0 Å². The van der Waals surface area contributed by atoms with Gasteiger partial charge in [-0.05, 0) is 7.05 Å². The predicted molar refractivity (Wildman–Crippen MR) is 53.4 cm³/mol. The zero-order valence-electron chi connectivity index (χ0n) is 8.28. The largest absolute Gasteiger partial charge is 0.345 e. The molecule has 2 rings (SSSR count). The van der Waals surface area contributed by atoms with Gasteiger partial charge >= 0.3 is 0 Å². The maximum atomic E-state index is 5.59. The highest BCUT2D eigenvalue weighted by atomic mass is 35.5. The van der Waals surface area contributed by atoms with Crippen molar-refractivity contribution in [3.05, 3.63) is 0 Å². The van der Waals surface area contributed by atoms with Crippen LogP contribution in [-0.4, -0.2) is 37.1 Å². The van der Waals surface area contributed by atoms with Crippen molar-refractivity contribution >= 4 is 12.4 Å². The molecule has 0 amide bonds. The van der Waals surface area contributed by atoms with E-state index in [-0.39, 0.29) is 30.6 Å². The first-order valence-corrected chi connectivity index (χ1v) is 4.30. The fourth-order valence-electron chi connectivity index (χ4n) is 1.77. The lowest BCUT2D eigenvalue weighted by Crippen LogP contribution is -2.39. The Labute approximate surface area is 85.6 Å². The van der Waals surface area contributed by atoms with E-state index in [1.807, 2.05) is 0 Å². The molecule has 0 bridgehead atoms. The molecule has 80 valence electrons. The first-order valence-electron chi connectivity index (χ1n) is 4.30. The number of rotatable bonds is 2. The number of hydrogen-bond acceptors (Lipinski definition) is 4. The summed E-state index contributed by atoms with van der Waals surface area (Å²) in [6.45, 7) is 3.97. The second kappa shape index (κ2) is 4.57. The van der Waals surface area contributed by atoms with Crippen molar-refractivity contribution in [2.45, 2.75) is 31.8 Å². The number of ether oxygens (including phenoxy) is 2. The van der Waals surface area contributed by atoms with Crippen LogP contribution in [0.4, 0.5) is 0 Å². The lowest BCUT2D eigenvalue weighted by Gasteiger charge is -2.24. The van der Waals surface area contributed by atoms with Crippen LogP contribution in [0.3, 0.4) is 0 Å². The second-order valence-electron chi connectivity index (χ2n) is 3.36. The van der Waals surface area contributed by atoms with E-state index >= 15 is 0 Å². The molecule has 5 heteroatoms. The van der Waals surface area contributed by atoms with Crippen LogP contribution < -0.4 is 6.15 Å². The summed E-state index contributed by atoms with van der Waals surface area (Å²) in [6.07, 6.45) is 2.41. The summed E-state index contributed by atoms with van der Waals surface area (Å²) in [5, 5.41) is 0. The van der Waals surface area contributed by atoms with Crippen molar-refractivity contribution < 1.29 is 9.47 Å². The topological polar surface area (TPSA) is 60.0 Å². The maximum Gasteiger partial charge on any atom is 0.210 e. The predicted octanol–water partition coefficient (Wildman–Crippen LogP) is 1.38. The highest BCUT2D eigenvalue weighted by Crippen LogP contribution is 2.45. The third-order valence-electron chi connectivity index (χ3n) is 2.42. The molecule has 0 spiro atoms. The molecule has 13 heavy (non-hydrogen) atoms. The zero-order chi connectivity index (χ0) is 7.90. The summed E-state index contributed by atoms with van der Waals surface area (Å²) in [5.74, 6) is -0.207. The van der Waals surface area contributed by atoms with Crippen molar-refractivity contribution in [3.63, 3.8) is 0 Å². The van der Waals surface area contributed by atoms with E-state index in [4.69, 9.17) is 9.47 Å². The standard InChI is InChI=1S/C8H15NO2.ClH.H3N/c1-3-4-8-7(11-8)9(2)5-6-10-8;;/h7H,3-6H2,1-2H3;1H;1H3. The molecule has 2 aliphatic rings. The molecule has 0 aromatic heterocycles. The van der Waals surface area contributed by atoms with E-state index in [0.29, 0.717) is 0 Å². The van der Waals surface area contributed by atoms with E-state index in [2.05, 4.69) is 18.9 Å². The normalized spacial score (nSPS) is 36.9. The number of epoxide rings is 1. The Balaban J connectivity index is 0.000000720. The average Bonchev–Trinajstić information content (AvgIpc) is 2.65. The van der Waals surface area contributed by atoms with Crippen molar-refractivity contribution in [1.82, 2.24) is 11.1 Å². The van der Waals surface area contributed by atoms with Gasteiger partial charge in [0, 0.05) is 13.0 Å². The van der Waals surface area contributed by atoms with Gasteiger partial charge in [0.2, 0.25) is 5.79 Å². The van der Waals surface area contributed by atoms with Gasteiger partial charge in [0.05, 0.1) is 6.61 Å². The summed E-state index contributed by atoms with van der Waals surface area (Å²) < 4.78 is 11.1. The van der Waals surface area contributed by atoms with Gasteiger partial charge in [-0.15, -0.1) is 12.4 Å². The molecule has 2 unspecified atom stereocenters. The van der Waals surface area contributed by atoms with E-state index in [1.54, 1.807) is 0 Å². The van der Waals surface area contributed by atoms with Crippen LogP contribution in [0.25, 0.3) is 0 Å². The van der Waals surface area contributed by atoms with Gasteiger partial charge in [-0.25, -0.2) is 0 Å². The monoisotopic (exact) mass is 210 g/mol. The summed E-state index contributed by atoms with van der Waals surface area (Å²) in [4.78, 5) is 2.22. The molecule has 2 fully saturated rings. The van der Waals surface area contributed by atoms with Crippen LogP contribution in [-0.2, 0) is 9.47 Å². The van der Waals surface area contributed by atoms with Crippen LogP contribution >= 0.6 is 12.4 Å². The molecule has 0 aromatic carbocycles. The summed E-state index contributed by atoms with van der Waals surface area (Å²) >= 11 is 0. The Morgan fingerprint density at radius 2 is 2.23 bits per heavy atom. The van der Waals surface area contributed by atoms with Crippen molar-refractivity contribution in [1.29, 1.82) is 0 Å². The number of nitrogens with zero attached hydrogens (tertiary/aromatic N) is 1. The Hall–Kier alpha value is 0.130. The molecule has 4 nitrogen and oxygen atoms in total. The number of halogens is 1. The third kappa shape index (κ3) is 2.14. The molecule has 0 aromatic rings. The van der Waals surface area contributed by atoms with Gasteiger partial charge in [0.15, 0.2) is 6.23 Å². The highest BCUT2D eigenvalue weighted by Gasteiger charge is 2.61. The molecule has 2 aliphatic heterocycles. The number of likely N-dealkylation sites (N-methyl/N-ethyl adjacent to an activating group) is 1. The van der Waals surface area contributed by atoms with Crippen LogP contribution in [0.5, 0.6) is 0 Å². The number of fused-ring (bicyclic) bond motifs is 1.